The Hall–Kier alpha value is -0.670. The van der Waals surface area contributed by atoms with Crippen LogP contribution in [-0.4, -0.2) is 23.1 Å². The monoisotopic (exact) mass is 239 g/mol. The molecule has 3 heteroatoms. The van der Waals surface area contributed by atoms with Crippen LogP contribution >= 0.6 is 0 Å². The largest absolute Gasteiger partial charge is 0.317 e. The molecule has 0 spiro atoms. The van der Waals surface area contributed by atoms with Gasteiger partial charge in [-0.1, -0.05) is 6.07 Å². The third kappa shape index (κ3) is 3.72. The van der Waals surface area contributed by atoms with Gasteiger partial charge in [-0.25, -0.2) is 0 Å². The first-order chi connectivity index (χ1) is 7.54. The average Bonchev–Trinajstić information content (AvgIpc) is 2.29. The van der Waals surface area contributed by atoms with Gasteiger partial charge in [-0.3, -0.25) is 4.21 Å². The number of hydrogen-bond donors (Lipinski definition) is 1. The van der Waals surface area contributed by atoms with E-state index in [9.17, 15) is 4.21 Å². The molecule has 0 amide bonds. The normalized spacial score (nSPS) is 14.8. The first-order valence-electron chi connectivity index (χ1n) is 5.67. The molecule has 0 fully saturated rings. The second kappa shape index (κ2) is 6.16. The van der Waals surface area contributed by atoms with Gasteiger partial charge in [0, 0.05) is 16.7 Å². The Labute approximate surface area is 101 Å². The van der Waals surface area contributed by atoms with Crippen molar-refractivity contribution in [3.8, 4) is 0 Å². The summed E-state index contributed by atoms with van der Waals surface area (Å²) in [6, 6.07) is 6.48. The molecule has 1 rings (SSSR count). The average molecular weight is 239 g/mol. The minimum absolute atomic E-state index is 0.426. The molecule has 0 aliphatic heterocycles. The Bertz CT molecular complexity index is 376. The van der Waals surface area contributed by atoms with Gasteiger partial charge in [-0.2, -0.15) is 0 Å². The molecule has 2 nitrogen and oxygen atoms in total. The molecule has 0 saturated heterocycles. The van der Waals surface area contributed by atoms with Gasteiger partial charge in [0.1, 0.15) is 0 Å². The highest BCUT2D eigenvalue weighted by Crippen LogP contribution is 2.14. The lowest BCUT2D eigenvalue weighted by atomic mass is 10.1. The number of benzene rings is 1. The highest BCUT2D eigenvalue weighted by Gasteiger charge is 2.07. The lowest BCUT2D eigenvalue weighted by molar-refractivity contribution is 0.591. The van der Waals surface area contributed by atoms with Crippen LogP contribution in [0, 0.1) is 13.8 Å². The molecule has 0 aliphatic rings. The van der Waals surface area contributed by atoms with E-state index in [0.717, 1.165) is 17.1 Å². The van der Waals surface area contributed by atoms with E-state index in [-0.39, 0.29) is 0 Å². The summed E-state index contributed by atoms with van der Waals surface area (Å²) in [4.78, 5) is 0.950. The van der Waals surface area contributed by atoms with Crippen molar-refractivity contribution >= 4 is 10.8 Å². The maximum absolute atomic E-state index is 12.0. The molecule has 90 valence electrons. The van der Waals surface area contributed by atoms with Gasteiger partial charge in [0.05, 0.1) is 10.8 Å². The molecule has 0 saturated carbocycles. The molecule has 0 aromatic heterocycles. The molecule has 1 aromatic carbocycles. The van der Waals surface area contributed by atoms with Gasteiger partial charge in [-0.15, -0.1) is 0 Å². The number of rotatable bonds is 5. The fourth-order valence-corrected chi connectivity index (χ4v) is 2.73. The Morgan fingerprint density at radius 3 is 2.56 bits per heavy atom. The maximum atomic E-state index is 12.0. The van der Waals surface area contributed by atoms with Crippen LogP contribution in [-0.2, 0) is 10.8 Å². The van der Waals surface area contributed by atoms with Crippen molar-refractivity contribution in [2.45, 2.75) is 38.1 Å². The SMILES string of the molecule is CNC(C)CCS(=O)c1ccc(C)c(C)c1. The van der Waals surface area contributed by atoms with E-state index in [0.29, 0.717) is 6.04 Å². The number of aryl methyl sites for hydroxylation is 2. The van der Waals surface area contributed by atoms with E-state index in [2.05, 4.69) is 26.1 Å². The van der Waals surface area contributed by atoms with Crippen molar-refractivity contribution in [2.24, 2.45) is 0 Å². The standard InChI is InChI=1S/C13H21NOS/c1-10-5-6-13(9-11(10)2)16(15)8-7-12(3)14-4/h5-6,9,12,14H,7-8H2,1-4H3. The summed E-state index contributed by atoms with van der Waals surface area (Å²) >= 11 is 0. The van der Waals surface area contributed by atoms with E-state index in [1.807, 2.05) is 25.2 Å². The lowest BCUT2D eigenvalue weighted by Gasteiger charge is -2.10. The third-order valence-electron chi connectivity index (χ3n) is 2.97. The van der Waals surface area contributed by atoms with Crippen LogP contribution in [0.5, 0.6) is 0 Å². The fourth-order valence-electron chi connectivity index (χ4n) is 1.40. The maximum Gasteiger partial charge on any atom is 0.0530 e. The first-order valence-corrected chi connectivity index (χ1v) is 6.99. The fraction of sp³-hybridized carbons (Fsp3) is 0.538. The van der Waals surface area contributed by atoms with Crippen LogP contribution in [0.4, 0.5) is 0 Å². The van der Waals surface area contributed by atoms with Crippen LogP contribution in [0.3, 0.4) is 0 Å². The minimum atomic E-state index is -0.864. The summed E-state index contributed by atoms with van der Waals surface area (Å²) in [6.45, 7) is 6.24. The zero-order valence-corrected chi connectivity index (χ0v) is 11.4. The highest BCUT2D eigenvalue weighted by molar-refractivity contribution is 7.85. The predicted molar refractivity (Wildman–Crippen MR) is 70.3 cm³/mol. The van der Waals surface area contributed by atoms with Gasteiger partial charge in [0.15, 0.2) is 0 Å². The van der Waals surface area contributed by atoms with Gasteiger partial charge in [0.2, 0.25) is 0 Å². The van der Waals surface area contributed by atoms with E-state index in [4.69, 9.17) is 0 Å². The first kappa shape index (κ1) is 13.4. The van der Waals surface area contributed by atoms with Crippen molar-refractivity contribution in [3.05, 3.63) is 29.3 Å². The van der Waals surface area contributed by atoms with Crippen LogP contribution in [0.15, 0.2) is 23.1 Å². The topological polar surface area (TPSA) is 29.1 Å². The van der Waals surface area contributed by atoms with Crippen LogP contribution in [0.2, 0.25) is 0 Å². The van der Waals surface area contributed by atoms with E-state index in [1.54, 1.807) is 0 Å². The second-order valence-electron chi connectivity index (χ2n) is 4.27. The van der Waals surface area contributed by atoms with Gasteiger partial charge >= 0.3 is 0 Å². The molecular weight excluding hydrogens is 218 g/mol. The second-order valence-corrected chi connectivity index (χ2v) is 5.84. The van der Waals surface area contributed by atoms with Crippen molar-refractivity contribution in [3.63, 3.8) is 0 Å². The molecule has 16 heavy (non-hydrogen) atoms. The van der Waals surface area contributed by atoms with Gasteiger partial charge in [-0.05, 0) is 57.5 Å². The van der Waals surface area contributed by atoms with Crippen LogP contribution < -0.4 is 5.32 Å². The molecule has 2 atom stereocenters. The lowest BCUT2D eigenvalue weighted by Crippen LogP contribution is -2.23. The van der Waals surface area contributed by atoms with Crippen LogP contribution in [0.25, 0.3) is 0 Å². The number of hydrogen-bond acceptors (Lipinski definition) is 2. The van der Waals surface area contributed by atoms with Crippen molar-refractivity contribution < 1.29 is 4.21 Å². The molecule has 1 N–H and O–H groups in total. The zero-order chi connectivity index (χ0) is 12.1. The zero-order valence-electron chi connectivity index (χ0n) is 10.5. The summed E-state index contributed by atoms with van der Waals surface area (Å²) < 4.78 is 12.0. The molecule has 2 unspecified atom stereocenters. The summed E-state index contributed by atoms with van der Waals surface area (Å²) in [7, 11) is 1.07. The van der Waals surface area contributed by atoms with Crippen molar-refractivity contribution in [1.29, 1.82) is 0 Å². The summed E-state index contributed by atoms with van der Waals surface area (Å²) in [5, 5.41) is 3.16. The molecule has 0 radical (unpaired) electrons. The Morgan fingerprint density at radius 2 is 2.00 bits per heavy atom. The van der Waals surface area contributed by atoms with Crippen LogP contribution in [0.1, 0.15) is 24.5 Å². The summed E-state index contributed by atoms with van der Waals surface area (Å²) in [5.74, 6) is 0.727. The molecule has 0 bridgehead atoms. The Kier molecular flexibility index (Phi) is 5.16. The number of nitrogens with one attached hydrogen (secondary N) is 1. The van der Waals surface area contributed by atoms with Crippen molar-refractivity contribution in [1.82, 2.24) is 5.32 Å². The molecule has 1 aromatic rings. The van der Waals surface area contributed by atoms with Gasteiger partial charge in [0.25, 0.3) is 0 Å². The van der Waals surface area contributed by atoms with Crippen molar-refractivity contribution in [2.75, 3.05) is 12.8 Å². The molecular formula is C13H21NOS. The quantitative estimate of drug-likeness (QED) is 0.855. The third-order valence-corrected chi connectivity index (χ3v) is 4.36. The predicted octanol–water partition coefficient (Wildman–Crippen LogP) is 2.41. The molecule has 0 heterocycles. The molecule has 0 aliphatic carbocycles. The Balaban J connectivity index is 2.63. The van der Waals surface area contributed by atoms with E-state index in [1.165, 1.54) is 11.1 Å². The summed E-state index contributed by atoms with van der Waals surface area (Å²) in [5.41, 5.74) is 2.47. The summed E-state index contributed by atoms with van der Waals surface area (Å²) in [6.07, 6.45) is 0.941. The van der Waals surface area contributed by atoms with E-state index >= 15 is 0 Å². The highest BCUT2D eigenvalue weighted by atomic mass is 32.2. The smallest absolute Gasteiger partial charge is 0.0530 e. The minimum Gasteiger partial charge on any atom is -0.317 e. The Morgan fingerprint density at radius 1 is 1.31 bits per heavy atom. The van der Waals surface area contributed by atoms with Gasteiger partial charge < -0.3 is 5.32 Å². The van der Waals surface area contributed by atoms with E-state index < -0.39 is 10.8 Å².